The molecule has 0 fully saturated rings. The van der Waals surface area contributed by atoms with Gasteiger partial charge >= 0.3 is 5.97 Å². The Bertz CT molecular complexity index is 937. The Kier molecular flexibility index (Phi) is 5.44. The van der Waals surface area contributed by atoms with Crippen molar-refractivity contribution in [2.24, 2.45) is 0 Å². The summed E-state index contributed by atoms with van der Waals surface area (Å²) in [4.78, 5) is 27.8. The van der Waals surface area contributed by atoms with Crippen molar-refractivity contribution in [1.82, 2.24) is 4.98 Å². The van der Waals surface area contributed by atoms with Gasteiger partial charge in [0.1, 0.15) is 5.78 Å². The summed E-state index contributed by atoms with van der Waals surface area (Å²) in [5.41, 5.74) is 3.45. The molecule has 0 atom stereocenters. The number of carbonyl (C=O) groups is 2. The highest BCUT2D eigenvalue weighted by atomic mass is 35.5. The Morgan fingerprint density at radius 2 is 1.73 bits per heavy atom. The summed E-state index contributed by atoms with van der Waals surface area (Å²) in [7, 11) is 0. The van der Waals surface area contributed by atoms with Crippen LogP contribution >= 0.6 is 11.6 Å². The molecule has 1 heterocycles. The first-order chi connectivity index (χ1) is 12.5. The molecule has 3 aromatic rings. The Labute approximate surface area is 156 Å². The maximum atomic E-state index is 12.4. The highest BCUT2D eigenvalue weighted by molar-refractivity contribution is 6.30. The summed E-state index contributed by atoms with van der Waals surface area (Å²) in [5, 5.41) is 9.65. The molecule has 1 aromatic heterocycles. The lowest BCUT2D eigenvalue weighted by molar-refractivity contribution is -0.117. The van der Waals surface area contributed by atoms with Crippen molar-refractivity contribution in [1.29, 1.82) is 0 Å². The normalized spacial score (nSPS) is 10.5. The van der Waals surface area contributed by atoms with E-state index >= 15 is 0 Å². The molecular weight excluding hydrogens is 350 g/mol. The number of carboxylic acid groups (broad SMARTS) is 1. The van der Waals surface area contributed by atoms with Crippen LogP contribution in [0.15, 0.2) is 67.0 Å². The number of rotatable bonds is 6. The molecule has 0 unspecified atom stereocenters. The number of pyridine rings is 1. The van der Waals surface area contributed by atoms with Crippen molar-refractivity contribution < 1.29 is 14.7 Å². The lowest BCUT2D eigenvalue weighted by Crippen LogP contribution is -2.11. The van der Waals surface area contributed by atoms with Crippen molar-refractivity contribution in [3.8, 4) is 11.1 Å². The van der Waals surface area contributed by atoms with Crippen molar-refractivity contribution in [3.05, 3.63) is 88.7 Å². The van der Waals surface area contributed by atoms with Gasteiger partial charge in [0.15, 0.2) is 0 Å². The van der Waals surface area contributed by atoms with Gasteiger partial charge in [0.25, 0.3) is 0 Å². The van der Waals surface area contributed by atoms with E-state index in [1.807, 2.05) is 36.4 Å². The zero-order valence-corrected chi connectivity index (χ0v) is 14.6. The maximum absolute atomic E-state index is 12.4. The molecule has 3 rings (SSSR count). The molecule has 0 bridgehead atoms. The van der Waals surface area contributed by atoms with Gasteiger partial charge in [-0.25, -0.2) is 4.79 Å². The minimum absolute atomic E-state index is 0.0343. The molecule has 0 saturated heterocycles. The Balaban J connectivity index is 1.71. The molecule has 0 saturated carbocycles. The van der Waals surface area contributed by atoms with E-state index in [9.17, 15) is 14.7 Å². The third-order valence-electron chi connectivity index (χ3n) is 4.04. The third kappa shape index (κ3) is 4.35. The molecule has 26 heavy (non-hydrogen) atoms. The summed E-state index contributed by atoms with van der Waals surface area (Å²) in [6.07, 6.45) is 3.77. The van der Waals surface area contributed by atoms with Gasteiger partial charge in [-0.3, -0.25) is 9.78 Å². The zero-order valence-electron chi connectivity index (χ0n) is 13.9. The van der Waals surface area contributed by atoms with Gasteiger partial charge in [0.2, 0.25) is 0 Å². The van der Waals surface area contributed by atoms with E-state index in [1.165, 1.54) is 18.2 Å². The Hall–Kier alpha value is -2.98. The van der Waals surface area contributed by atoms with Crippen LogP contribution < -0.4 is 0 Å². The standard InChI is InChI=1S/C21H16ClNO3/c22-18-7-8-20(21(25)26)17(11-18)12-19(24)10-14-3-5-15(6-4-14)16-2-1-9-23-13-16/h1-9,11,13H,10,12H2,(H,25,26). The average molecular weight is 366 g/mol. The average Bonchev–Trinajstić information content (AvgIpc) is 2.63. The Morgan fingerprint density at radius 1 is 0.962 bits per heavy atom. The first kappa shape index (κ1) is 17.8. The van der Waals surface area contributed by atoms with Crippen molar-refractivity contribution in [2.75, 3.05) is 0 Å². The van der Waals surface area contributed by atoms with Gasteiger partial charge in [-0.1, -0.05) is 41.9 Å². The van der Waals surface area contributed by atoms with Crippen LogP contribution in [0.2, 0.25) is 5.02 Å². The predicted octanol–water partition coefficient (Wildman–Crippen LogP) is 4.45. The fourth-order valence-electron chi connectivity index (χ4n) is 2.77. The van der Waals surface area contributed by atoms with E-state index in [0.717, 1.165) is 16.7 Å². The number of benzene rings is 2. The van der Waals surface area contributed by atoms with E-state index in [0.29, 0.717) is 10.6 Å². The number of nitrogens with zero attached hydrogens (tertiary/aromatic N) is 1. The second-order valence-electron chi connectivity index (χ2n) is 5.94. The summed E-state index contributed by atoms with van der Waals surface area (Å²) in [6.45, 7) is 0. The molecule has 0 aliphatic carbocycles. The van der Waals surface area contributed by atoms with Gasteiger partial charge in [-0.15, -0.1) is 0 Å². The van der Waals surface area contributed by atoms with Crippen molar-refractivity contribution in [3.63, 3.8) is 0 Å². The maximum Gasteiger partial charge on any atom is 0.335 e. The van der Waals surface area contributed by atoms with E-state index in [4.69, 9.17) is 11.6 Å². The van der Waals surface area contributed by atoms with Crippen LogP contribution in [0.4, 0.5) is 0 Å². The molecule has 5 heteroatoms. The molecule has 1 N–H and O–H groups in total. The molecule has 0 spiro atoms. The third-order valence-corrected chi connectivity index (χ3v) is 4.27. The lowest BCUT2D eigenvalue weighted by atomic mass is 9.98. The predicted molar refractivity (Wildman–Crippen MR) is 100 cm³/mol. The summed E-state index contributed by atoms with van der Waals surface area (Å²) in [5.74, 6) is -1.13. The van der Waals surface area contributed by atoms with E-state index in [2.05, 4.69) is 4.98 Å². The quantitative estimate of drug-likeness (QED) is 0.700. The van der Waals surface area contributed by atoms with Gasteiger partial charge in [-0.05, 0) is 46.5 Å². The first-order valence-electron chi connectivity index (χ1n) is 8.05. The highest BCUT2D eigenvalue weighted by Crippen LogP contribution is 2.20. The fraction of sp³-hybridized carbons (Fsp3) is 0.0952. The van der Waals surface area contributed by atoms with Crippen LogP contribution in [0, 0.1) is 0 Å². The second kappa shape index (κ2) is 7.93. The summed E-state index contributed by atoms with van der Waals surface area (Å²) < 4.78 is 0. The van der Waals surface area contributed by atoms with Crippen molar-refractivity contribution >= 4 is 23.4 Å². The first-order valence-corrected chi connectivity index (χ1v) is 8.43. The number of hydrogen-bond acceptors (Lipinski definition) is 3. The van der Waals surface area contributed by atoms with Gasteiger partial charge < -0.3 is 5.11 Å². The smallest absolute Gasteiger partial charge is 0.335 e. The van der Waals surface area contributed by atoms with E-state index in [1.54, 1.807) is 12.4 Å². The van der Waals surface area contributed by atoms with Crippen LogP contribution in [-0.4, -0.2) is 21.8 Å². The fourth-order valence-corrected chi connectivity index (χ4v) is 2.96. The molecule has 2 aromatic carbocycles. The van der Waals surface area contributed by atoms with Gasteiger partial charge in [-0.2, -0.15) is 0 Å². The highest BCUT2D eigenvalue weighted by Gasteiger charge is 2.14. The van der Waals surface area contributed by atoms with E-state index in [-0.39, 0.29) is 24.2 Å². The largest absolute Gasteiger partial charge is 0.478 e. The number of carboxylic acids is 1. The molecule has 0 aliphatic rings. The molecule has 130 valence electrons. The molecular formula is C21H16ClNO3. The monoisotopic (exact) mass is 365 g/mol. The number of halogens is 1. The molecule has 4 nitrogen and oxygen atoms in total. The number of carbonyl (C=O) groups excluding carboxylic acids is 1. The van der Waals surface area contributed by atoms with Crippen LogP contribution in [0.5, 0.6) is 0 Å². The molecule has 0 amide bonds. The number of ketones is 1. The van der Waals surface area contributed by atoms with Crippen LogP contribution in [0.1, 0.15) is 21.5 Å². The minimum Gasteiger partial charge on any atom is -0.478 e. The molecule has 0 radical (unpaired) electrons. The number of Topliss-reactive ketones (excluding diaryl/α,β-unsaturated/α-hetero) is 1. The Morgan fingerprint density at radius 3 is 2.38 bits per heavy atom. The second-order valence-corrected chi connectivity index (χ2v) is 6.37. The number of hydrogen-bond donors (Lipinski definition) is 1. The zero-order chi connectivity index (χ0) is 18.5. The summed E-state index contributed by atoms with van der Waals surface area (Å²) in [6, 6.07) is 16.0. The number of aromatic carboxylic acids is 1. The minimum atomic E-state index is -1.06. The SMILES string of the molecule is O=C(Cc1ccc(-c2cccnc2)cc1)Cc1cc(Cl)ccc1C(=O)O. The van der Waals surface area contributed by atoms with E-state index < -0.39 is 5.97 Å². The lowest BCUT2D eigenvalue weighted by Gasteiger charge is -2.07. The topological polar surface area (TPSA) is 67.3 Å². The van der Waals surface area contributed by atoms with Crippen LogP contribution in [0.3, 0.4) is 0 Å². The summed E-state index contributed by atoms with van der Waals surface area (Å²) >= 11 is 5.93. The van der Waals surface area contributed by atoms with Gasteiger partial charge in [0.05, 0.1) is 5.56 Å². The van der Waals surface area contributed by atoms with Crippen LogP contribution in [0.25, 0.3) is 11.1 Å². The molecule has 0 aliphatic heterocycles. The number of aromatic nitrogens is 1. The van der Waals surface area contributed by atoms with Gasteiger partial charge in [0, 0.05) is 30.3 Å². The van der Waals surface area contributed by atoms with Crippen molar-refractivity contribution in [2.45, 2.75) is 12.8 Å². The van der Waals surface area contributed by atoms with Crippen LogP contribution in [-0.2, 0) is 17.6 Å².